The lowest BCUT2D eigenvalue weighted by Gasteiger charge is -2.09. The minimum absolute atomic E-state index is 0.0971. The second-order valence-corrected chi connectivity index (χ2v) is 4.16. The summed E-state index contributed by atoms with van der Waals surface area (Å²) in [6.45, 7) is 0. The highest BCUT2D eigenvalue weighted by atomic mass is 35.5. The highest BCUT2D eigenvalue weighted by Crippen LogP contribution is 2.28. The zero-order chi connectivity index (χ0) is 13.3. The van der Waals surface area contributed by atoms with Gasteiger partial charge in [-0.05, 0) is 18.2 Å². The van der Waals surface area contributed by atoms with Crippen molar-refractivity contribution in [3.63, 3.8) is 0 Å². The molecule has 1 heterocycles. The predicted octanol–water partition coefficient (Wildman–Crippen LogP) is 1.82. The third-order valence-corrected chi connectivity index (χ3v) is 2.79. The number of rotatable bonds is 3. The molecule has 6 heteroatoms. The van der Waals surface area contributed by atoms with Gasteiger partial charge < -0.3 is 14.8 Å². The van der Waals surface area contributed by atoms with Gasteiger partial charge in [0, 0.05) is 10.4 Å². The van der Waals surface area contributed by atoms with Crippen LogP contribution in [0.25, 0.3) is 10.9 Å². The number of benzene rings is 1. The molecule has 2 rings (SSSR count). The number of hydrogen-bond acceptors (Lipinski definition) is 3. The maximum absolute atomic E-state index is 11.8. The van der Waals surface area contributed by atoms with Gasteiger partial charge in [-0.2, -0.15) is 0 Å². The van der Waals surface area contributed by atoms with Gasteiger partial charge in [0.2, 0.25) is 0 Å². The van der Waals surface area contributed by atoms with E-state index >= 15 is 0 Å². The Balaban J connectivity index is 2.79. The highest BCUT2D eigenvalue weighted by molar-refractivity contribution is 6.31. The van der Waals surface area contributed by atoms with E-state index in [1.54, 1.807) is 18.2 Å². The quantitative estimate of drug-likeness (QED) is 0.889. The standard InChI is InChI=1S/C12H10ClNO4/c1-18-11-7-3-2-6(13)4-9(7)14-12(17)8(11)5-10(15)16/h2-4H,5H2,1H3,(H,14,17)(H,15,16). The molecule has 18 heavy (non-hydrogen) atoms. The molecule has 0 spiro atoms. The first-order chi connectivity index (χ1) is 8.52. The first kappa shape index (κ1) is 12.4. The molecule has 2 aromatic rings. The van der Waals surface area contributed by atoms with E-state index in [0.717, 1.165) is 0 Å². The number of aliphatic carboxylic acids is 1. The molecule has 0 saturated heterocycles. The monoisotopic (exact) mass is 267 g/mol. The zero-order valence-corrected chi connectivity index (χ0v) is 10.2. The van der Waals surface area contributed by atoms with Gasteiger partial charge in [0.15, 0.2) is 0 Å². The molecular formula is C12H10ClNO4. The van der Waals surface area contributed by atoms with Gasteiger partial charge >= 0.3 is 5.97 Å². The van der Waals surface area contributed by atoms with Gasteiger partial charge in [-0.25, -0.2) is 0 Å². The zero-order valence-electron chi connectivity index (χ0n) is 9.49. The van der Waals surface area contributed by atoms with Crippen molar-refractivity contribution < 1.29 is 14.6 Å². The van der Waals surface area contributed by atoms with Crippen LogP contribution in [0.3, 0.4) is 0 Å². The number of carboxylic acid groups (broad SMARTS) is 1. The van der Waals surface area contributed by atoms with E-state index in [1.807, 2.05) is 0 Å². The van der Waals surface area contributed by atoms with Gasteiger partial charge in [-0.1, -0.05) is 11.6 Å². The van der Waals surface area contributed by atoms with Crippen molar-refractivity contribution in [2.24, 2.45) is 0 Å². The van der Waals surface area contributed by atoms with Gasteiger partial charge in [-0.3, -0.25) is 9.59 Å². The molecule has 94 valence electrons. The fourth-order valence-corrected chi connectivity index (χ4v) is 2.00. The first-order valence-electron chi connectivity index (χ1n) is 5.13. The number of ether oxygens (including phenoxy) is 1. The third kappa shape index (κ3) is 2.17. The third-order valence-electron chi connectivity index (χ3n) is 2.55. The summed E-state index contributed by atoms with van der Waals surface area (Å²) in [5, 5.41) is 9.90. The van der Waals surface area contributed by atoms with Crippen LogP contribution in [0, 0.1) is 0 Å². The van der Waals surface area contributed by atoms with Crippen LogP contribution < -0.4 is 10.3 Å². The summed E-state index contributed by atoms with van der Waals surface area (Å²) in [4.78, 5) is 25.2. The van der Waals surface area contributed by atoms with Crippen molar-refractivity contribution in [1.29, 1.82) is 0 Å². The van der Waals surface area contributed by atoms with E-state index in [-0.39, 0.29) is 11.3 Å². The SMILES string of the molecule is COc1c(CC(=O)O)c(=O)[nH]c2cc(Cl)ccc12. The van der Waals surface area contributed by atoms with E-state index in [1.165, 1.54) is 7.11 Å². The summed E-state index contributed by atoms with van der Waals surface area (Å²) in [6.07, 6.45) is -0.392. The number of methoxy groups -OCH3 is 1. The van der Waals surface area contributed by atoms with Crippen LogP contribution in [0.5, 0.6) is 5.75 Å². The molecule has 0 atom stereocenters. The molecule has 0 aliphatic heterocycles. The average molecular weight is 268 g/mol. The molecule has 1 aromatic carbocycles. The Morgan fingerprint density at radius 3 is 2.83 bits per heavy atom. The van der Waals surface area contributed by atoms with Crippen molar-refractivity contribution in [3.05, 3.63) is 39.1 Å². The highest BCUT2D eigenvalue weighted by Gasteiger charge is 2.16. The lowest BCUT2D eigenvalue weighted by Crippen LogP contribution is -2.18. The summed E-state index contributed by atoms with van der Waals surface area (Å²) >= 11 is 5.83. The van der Waals surface area contributed by atoms with Gasteiger partial charge in [0.25, 0.3) is 5.56 Å². The van der Waals surface area contributed by atoms with E-state index in [2.05, 4.69) is 4.98 Å². The van der Waals surface area contributed by atoms with Crippen LogP contribution in [0.15, 0.2) is 23.0 Å². The van der Waals surface area contributed by atoms with Gasteiger partial charge in [-0.15, -0.1) is 0 Å². The first-order valence-corrected chi connectivity index (χ1v) is 5.51. The van der Waals surface area contributed by atoms with Crippen LogP contribution in [-0.2, 0) is 11.2 Å². The van der Waals surface area contributed by atoms with Crippen LogP contribution in [-0.4, -0.2) is 23.2 Å². The van der Waals surface area contributed by atoms with Crippen LogP contribution in [0.4, 0.5) is 0 Å². The Morgan fingerprint density at radius 1 is 1.50 bits per heavy atom. The number of pyridine rings is 1. The van der Waals surface area contributed by atoms with Crippen LogP contribution in [0.2, 0.25) is 5.02 Å². The Hall–Kier alpha value is -2.01. The summed E-state index contributed by atoms with van der Waals surface area (Å²) in [6, 6.07) is 4.92. The lowest BCUT2D eigenvalue weighted by atomic mass is 10.1. The fourth-order valence-electron chi connectivity index (χ4n) is 1.83. The maximum atomic E-state index is 11.8. The van der Waals surface area contributed by atoms with Crippen molar-refractivity contribution in [3.8, 4) is 5.75 Å². The number of nitrogens with one attached hydrogen (secondary N) is 1. The molecular weight excluding hydrogens is 258 g/mol. The average Bonchev–Trinajstić information content (AvgIpc) is 2.29. The fraction of sp³-hybridized carbons (Fsp3) is 0.167. The van der Waals surface area contributed by atoms with E-state index < -0.39 is 17.9 Å². The lowest BCUT2D eigenvalue weighted by molar-refractivity contribution is -0.136. The van der Waals surface area contributed by atoms with Crippen LogP contribution in [0.1, 0.15) is 5.56 Å². The van der Waals surface area contributed by atoms with Crippen molar-refractivity contribution >= 4 is 28.5 Å². The molecule has 0 saturated carbocycles. The number of H-pyrrole nitrogens is 1. The Kier molecular flexibility index (Phi) is 3.25. The molecule has 0 aliphatic rings. The molecule has 0 unspecified atom stereocenters. The molecule has 5 nitrogen and oxygen atoms in total. The smallest absolute Gasteiger partial charge is 0.308 e. The minimum atomic E-state index is -1.09. The second kappa shape index (κ2) is 4.70. The maximum Gasteiger partial charge on any atom is 0.308 e. The topological polar surface area (TPSA) is 79.4 Å². The summed E-state index contributed by atoms with van der Waals surface area (Å²) in [5.41, 5.74) is 0.127. The normalized spacial score (nSPS) is 10.6. The number of carboxylic acids is 1. The number of fused-ring (bicyclic) bond motifs is 1. The number of halogens is 1. The largest absolute Gasteiger partial charge is 0.496 e. The van der Waals surface area contributed by atoms with E-state index in [9.17, 15) is 9.59 Å². The molecule has 0 radical (unpaired) electrons. The minimum Gasteiger partial charge on any atom is -0.496 e. The molecule has 0 amide bonds. The Labute approximate surface area is 107 Å². The van der Waals surface area contributed by atoms with Gasteiger partial charge in [0.1, 0.15) is 5.75 Å². The number of aromatic amines is 1. The Morgan fingerprint density at radius 2 is 2.22 bits per heavy atom. The molecule has 0 fully saturated rings. The van der Waals surface area contributed by atoms with E-state index in [4.69, 9.17) is 21.4 Å². The summed E-state index contributed by atoms with van der Waals surface area (Å²) in [7, 11) is 1.40. The molecule has 1 aromatic heterocycles. The van der Waals surface area contributed by atoms with Crippen molar-refractivity contribution in [2.45, 2.75) is 6.42 Å². The number of carbonyl (C=O) groups is 1. The second-order valence-electron chi connectivity index (χ2n) is 3.73. The summed E-state index contributed by atoms with van der Waals surface area (Å²) < 4.78 is 5.15. The molecule has 0 bridgehead atoms. The van der Waals surface area contributed by atoms with Crippen molar-refractivity contribution in [1.82, 2.24) is 4.98 Å². The van der Waals surface area contributed by atoms with Crippen molar-refractivity contribution in [2.75, 3.05) is 7.11 Å². The Bertz CT molecular complexity index is 678. The molecule has 2 N–H and O–H groups in total. The summed E-state index contributed by atoms with van der Waals surface area (Å²) in [5.74, 6) is -0.820. The number of aromatic nitrogens is 1. The predicted molar refractivity (Wildman–Crippen MR) is 67.5 cm³/mol. The van der Waals surface area contributed by atoms with E-state index in [0.29, 0.717) is 15.9 Å². The molecule has 0 aliphatic carbocycles. The van der Waals surface area contributed by atoms with Gasteiger partial charge in [0.05, 0.1) is 24.6 Å². The van der Waals surface area contributed by atoms with Crippen LogP contribution >= 0.6 is 11.6 Å². The number of hydrogen-bond donors (Lipinski definition) is 2.